The van der Waals surface area contributed by atoms with Crippen molar-refractivity contribution in [3.05, 3.63) is 70.5 Å². The summed E-state index contributed by atoms with van der Waals surface area (Å²) in [6, 6.07) is 13.2. The molecule has 0 bridgehead atoms. The molecule has 33 heavy (non-hydrogen) atoms. The molecule has 0 saturated heterocycles. The van der Waals surface area contributed by atoms with Crippen LogP contribution in [0.2, 0.25) is 5.15 Å². The summed E-state index contributed by atoms with van der Waals surface area (Å²) < 4.78 is 18.1. The number of halogens is 1. The van der Waals surface area contributed by atoms with Crippen molar-refractivity contribution in [3.63, 3.8) is 0 Å². The maximum Gasteiger partial charge on any atom is 0.259 e. The lowest BCUT2D eigenvalue weighted by Crippen LogP contribution is -2.35. The normalized spacial score (nSPS) is 13.5. The number of aryl methyl sites for hydroxylation is 1. The van der Waals surface area contributed by atoms with Gasteiger partial charge in [0.15, 0.2) is 0 Å². The Balaban J connectivity index is 1.61. The second-order valence-corrected chi connectivity index (χ2v) is 7.99. The van der Waals surface area contributed by atoms with Gasteiger partial charge in [-0.2, -0.15) is 5.10 Å². The molecule has 0 atom stereocenters. The third-order valence-corrected chi connectivity index (χ3v) is 6.10. The molecule has 4 rings (SSSR count). The van der Waals surface area contributed by atoms with E-state index in [1.54, 1.807) is 37.8 Å². The lowest BCUT2D eigenvalue weighted by Gasteiger charge is -2.28. The Kier molecular flexibility index (Phi) is 6.60. The van der Waals surface area contributed by atoms with Gasteiger partial charge in [-0.3, -0.25) is 4.79 Å². The smallest absolute Gasteiger partial charge is 0.259 e. The van der Waals surface area contributed by atoms with Gasteiger partial charge < -0.3 is 19.1 Å². The Hall–Kier alpha value is -3.45. The minimum absolute atomic E-state index is 0.136. The largest absolute Gasteiger partial charge is 0.496 e. The molecular formula is C25H26ClN3O4. The molecule has 0 saturated carbocycles. The van der Waals surface area contributed by atoms with E-state index in [1.807, 2.05) is 48.5 Å². The monoisotopic (exact) mass is 467 g/mol. The standard InChI is InChI=1S/C25H26ClN3O4/c1-16-22(24(26)29(27-16)18-8-6-5-7-9-18)25(30)28-12-10-17(11-13-28)23-20(32-3)14-19(31-2)15-21(23)33-4/h5-10,14-15H,11-13H2,1-4H3. The number of benzene rings is 2. The Morgan fingerprint density at radius 3 is 2.24 bits per heavy atom. The van der Waals surface area contributed by atoms with Crippen molar-refractivity contribution in [1.29, 1.82) is 0 Å². The molecule has 0 aliphatic carbocycles. The molecule has 0 N–H and O–H groups in total. The highest BCUT2D eigenvalue weighted by Gasteiger charge is 2.28. The van der Waals surface area contributed by atoms with Crippen LogP contribution in [0.1, 0.15) is 28.0 Å². The molecule has 7 nitrogen and oxygen atoms in total. The summed E-state index contributed by atoms with van der Waals surface area (Å²) in [5.74, 6) is 1.85. The molecule has 0 radical (unpaired) electrons. The van der Waals surface area contributed by atoms with Gasteiger partial charge in [-0.15, -0.1) is 0 Å². The molecule has 172 valence electrons. The van der Waals surface area contributed by atoms with Gasteiger partial charge >= 0.3 is 0 Å². The highest BCUT2D eigenvalue weighted by atomic mass is 35.5. The molecule has 1 aromatic heterocycles. The summed E-state index contributed by atoms with van der Waals surface area (Å²) in [5.41, 5.74) is 3.76. The number of hydrogen-bond donors (Lipinski definition) is 0. The number of carbonyl (C=O) groups excluding carboxylic acids is 1. The van der Waals surface area contributed by atoms with E-state index in [0.717, 1.165) is 16.8 Å². The SMILES string of the molecule is COc1cc(OC)c(C2=CCN(C(=O)c3c(C)nn(-c4ccccc4)c3Cl)CC2)c(OC)c1. The Bertz CT molecular complexity index is 1180. The number of rotatable bonds is 6. The third kappa shape index (κ3) is 4.28. The van der Waals surface area contributed by atoms with E-state index < -0.39 is 0 Å². The molecule has 2 aromatic carbocycles. The van der Waals surface area contributed by atoms with Crippen molar-refractivity contribution in [2.75, 3.05) is 34.4 Å². The number of nitrogens with zero attached hydrogens (tertiary/aromatic N) is 3. The van der Waals surface area contributed by atoms with Crippen LogP contribution in [0.25, 0.3) is 11.3 Å². The molecule has 1 amide bonds. The van der Waals surface area contributed by atoms with Crippen LogP contribution in [0.15, 0.2) is 48.5 Å². The van der Waals surface area contributed by atoms with Crippen molar-refractivity contribution in [2.45, 2.75) is 13.3 Å². The highest BCUT2D eigenvalue weighted by Crippen LogP contribution is 2.41. The number of ether oxygens (including phenoxy) is 3. The van der Waals surface area contributed by atoms with E-state index in [1.165, 1.54) is 0 Å². The fourth-order valence-electron chi connectivity index (χ4n) is 4.04. The Morgan fingerprint density at radius 2 is 1.70 bits per heavy atom. The molecule has 2 heterocycles. The van der Waals surface area contributed by atoms with Crippen LogP contribution >= 0.6 is 11.6 Å². The van der Waals surface area contributed by atoms with E-state index in [9.17, 15) is 4.79 Å². The molecule has 1 aliphatic heterocycles. The van der Waals surface area contributed by atoms with Crippen molar-refractivity contribution >= 4 is 23.1 Å². The van der Waals surface area contributed by atoms with E-state index >= 15 is 0 Å². The third-order valence-electron chi connectivity index (χ3n) is 5.75. The summed E-state index contributed by atoms with van der Waals surface area (Å²) in [5, 5.41) is 4.81. The maximum absolute atomic E-state index is 13.4. The van der Waals surface area contributed by atoms with Crippen molar-refractivity contribution in [3.8, 4) is 22.9 Å². The second-order valence-electron chi connectivity index (χ2n) is 7.64. The molecule has 1 aliphatic rings. The summed E-state index contributed by atoms with van der Waals surface area (Å²) in [6.45, 7) is 2.78. The van der Waals surface area contributed by atoms with Crippen LogP contribution in [0.4, 0.5) is 0 Å². The van der Waals surface area contributed by atoms with Crippen LogP contribution in [-0.2, 0) is 0 Å². The lowest BCUT2D eigenvalue weighted by molar-refractivity contribution is 0.0772. The van der Waals surface area contributed by atoms with Crippen LogP contribution < -0.4 is 14.2 Å². The zero-order chi connectivity index (χ0) is 23.5. The average molecular weight is 468 g/mol. The number of para-hydroxylation sites is 1. The van der Waals surface area contributed by atoms with Gasteiger partial charge in [0.05, 0.1) is 43.8 Å². The minimum Gasteiger partial charge on any atom is -0.496 e. The van der Waals surface area contributed by atoms with E-state index in [-0.39, 0.29) is 5.91 Å². The van der Waals surface area contributed by atoms with Gasteiger partial charge in [0.1, 0.15) is 22.4 Å². The first-order valence-electron chi connectivity index (χ1n) is 10.6. The van der Waals surface area contributed by atoms with E-state index in [0.29, 0.717) is 53.2 Å². The Labute approximate surface area is 198 Å². The number of amides is 1. The molecular weight excluding hydrogens is 442 g/mol. The van der Waals surface area contributed by atoms with Crippen LogP contribution in [0.3, 0.4) is 0 Å². The molecule has 3 aromatic rings. The van der Waals surface area contributed by atoms with Gasteiger partial charge in [0.25, 0.3) is 5.91 Å². The van der Waals surface area contributed by atoms with Crippen molar-refractivity contribution in [1.82, 2.24) is 14.7 Å². The first-order valence-corrected chi connectivity index (χ1v) is 11.0. The minimum atomic E-state index is -0.136. The van der Waals surface area contributed by atoms with Gasteiger partial charge in [-0.1, -0.05) is 35.9 Å². The zero-order valence-electron chi connectivity index (χ0n) is 19.1. The molecule has 8 heteroatoms. The van der Waals surface area contributed by atoms with E-state index in [2.05, 4.69) is 5.10 Å². The van der Waals surface area contributed by atoms with Crippen molar-refractivity contribution < 1.29 is 19.0 Å². The number of methoxy groups -OCH3 is 3. The average Bonchev–Trinajstić information content (AvgIpc) is 3.16. The van der Waals surface area contributed by atoms with Crippen molar-refractivity contribution in [2.24, 2.45) is 0 Å². The highest BCUT2D eigenvalue weighted by molar-refractivity contribution is 6.33. The first-order chi connectivity index (χ1) is 16.0. The van der Waals surface area contributed by atoms with Gasteiger partial charge in [-0.05, 0) is 31.1 Å². The first kappa shape index (κ1) is 22.7. The number of hydrogen-bond acceptors (Lipinski definition) is 5. The second kappa shape index (κ2) is 9.58. The maximum atomic E-state index is 13.4. The Morgan fingerprint density at radius 1 is 1.03 bits per heavy atom. The topological polar surface area (TPSA) is 65.8 Å². The zero-order valence-corrected chi connectivity index (χ0v) is 19.8. The number of carbonyl (C=O) groups is 1. The predicted molar refractivity (Wildman–Crippen MR) is 128 cm³/mol. The molecule has 0 unspecified atom stereocenters. The summed E-state index contributed by atoms with van der Waals surface area (Å²) >= 11 is 6.60. The fraction of sp³-hybridized carbons (Fsp3) is 0.280. The summed E-state index contributed by atoms with van der Waals surface area (Å²) in [7, 11) is 4.84. The van der Waals surface area contributed by atoms with Crippen LogP contribution in [-0.4, -0.2) is 55.0 Å². The summed E-state index contributed by atoms with van der Waals surface area (Å²) in [4.78, 5) is 15.1. The number of aromatic nitrogens is 2. The van der Waals surface area contributed by atoms with Gasteiger partial charge in [0.2, 0.25) is 0 Å². The predicted octanol–water partition coefficient (Wildman–Crippen LogP) is 4.79. The molecule has 0 spiro atoms. The van der Waals surface area contributed by atoms with Crippen LogP contribution in [0, 0.1) is 6.92 Å². The van der Waals surface area contributed by atoms with Gasteiger partial charge in [-0.25, -0.2) is 4.68 Å². The lowest BCUT2D eigenvalue weighted by atomic mass is 9.97. The van der Waals surface area contributed by atoms with E-state index in [4.69, 9.17) is 25.8 Å². The summed E-state index contributed by atoms with van der Waals surface area (Å²) in [6.07, 6.45) is 2.67. The quantitative estimate of drug-likeness (QED) is 0.521. The fourth-order valence-corrected chi connectivity index (χ4v) is 4.40. The van der Waals surface area contributed by atoms with Crippen LogP contribution in [0.5, 0.6) is 17.2 Å². The van der Waals surface area contributed by atoms with Gasteiger partial charge in [0, 0.05) is 25.2 Å². The molecule has 0 fully saturated rings.